The number of carbonyl (C=O) groups is 10. The first-order valence-corrected chi connectivity index (χ1v) is 10.9. The van der Waals surface area contributed by atoms with Crippen molar-refractivity contribution in [1.29, 1.82) is 0 Å². The molecule has 0 amide bonds. The van der Waals surface area contributed by atoms with Crippen LogP contribution in [0.4, 0.5) is 0 Å². The summed E-state index contributed by atoms with van der Waals surface area (Å²) < 4.78 is 0. The maximum atomic E-state index is 11.7. The summed E-state index contributed by atoms with van der Waals surface area (Å²) in [5.74, 6) is -22.9. The minimum absolute atomic E-state index is 0.0861. The molecule has 0 radical (unpaired) electrons. The molecule has 0 atom stereocenters. The zero-order chi connectivity index (χ0) is 32.5. The van der Waals surface area contributed by atoms with Gasteiger partial charge in [0.1, 0.15) is 0 Å². The third-order valence-electron chi connectivity index (χ3n) is 7.78. The third kappa shape index (κ3) is 3.89. The van der Waals surface area contributed by atoms with Gasteiger partial charge >= 0.3 is 59.7 Å². The van der Waals surface area contributed by atoms with Crippen molar-refractivity contribution in [2.45, 2.75) is 38.5 Å². The number of rotatable bonds is 10. The topological polar surface area (TPSA) is 373 Å². The molecule has 0 saturated heterocycles. The van der Waals surface area contributed by atoms with Crippen LogP contribution in [0.5, 0.6) is 0 Å². The molecule has 0 aliphatic heterocycles. The maximum absolute atomic E-state index is 11.7. The number of hydrogen-bond donors (Lipinski definition) is 10. The fraction of sp³-hybridized carbons (Fsp3) is 0.524. The largest absolute Gasteiger partial charge is 0.480 e. The Balaban J connectivity index is 0.000000435. The first-order valence-electron chi connectivity index (χ1n) is 10.9. The Morgan fingerprint density at radius 2 is 0.463 bits per heavy atom. The lowest BCUT2D eigenvalue weighted by molar-refractivity contribution is -0.225. The van der Waals surface area contributed by atoms with Gasteiger partial charge in [-0.1, -0.05) is 0 Å². The second-order valence-electron chi connectivity index (χ2n) is 9.13. The molecule has 0 aromatic carbocycles. The van der Waals surface area contributed by atoms with Crippen LogP contribution >= 0.6 is 0 Å². The van der Waals surface area contributed by atoms with Gasteiger partial charge in [-0.05, 0) is 38.5 Å². The van der Waals surface area contributed by atoms with E-state index in [0.717, 1.165) is 0 Å². The quantitative estimate of drug-likeness (QED) is 0.124. The highest BCUT2D eigenvalue weighted by atomic mass is 16.4. The maximum Gasteiger partial charge on any atom is 0.324 e. The number of carboxylic acid groups (broad SMARTS) is 10. The predicted molar refractivity (Wildman–Crippen MR) is 116 cm³/mol. The Morgan fingerprint density at radius 3 is 0.610 bits per heavy atom. The van der Waals surface area contributed by atoms with Gasteiger partial charge in [-0.3, -0.25) is 47.9 Å². The summed E-state index contributed by atoms with van der Waals surface area (Å²) in [6.45, 7) is 0. The van der Waals surface area contributed by atoms with Gasteiger partial charge in [-0.2, -0.15) is 0 Å². The number of carboxylic acids is 10. The molecule has 2 rings (SSSR count). The summed E-state index contributed by atoms with van der Waals surface area (Å²) in [7, 11) is 0. The minimum atomic E-state index is -4.17. The smallest absolute Gasteiger partial charge is 0.324 e. The van der Waals surface area contributed by atoms with E-state index in [-0.39, 0.29) is 6.42 Å². The van der Waals surface area contributed by atoms with E-state index in [1.807, 2.05) is 0 Å². The van der Waals surface area contributed by atoms with Gasteiger partial charge in [-0.25, -0.2) is 0 Å². The molecule has 226 valence electrons. The molecular weight excluding hydrogens is 572 g/mol. The Labute approximate surface area is 225 Å². The molecule has 2 aliphatic rings. The summed E-state index contributed by atoms with van der Waals surface area (Å²) in [5.41, 5.74) is -17.2. The van der Waals surface area contributed by atoms with E-state index in [0.29, 0.717) is 0 Å². The van der Waals surface area contributed by atoms with E-state index in [1.54, 1.807) is 0 Å². The van der Waals surface area contributed by atoms with Crippen LogP contribution in [0.3, 0.4) is 0 Å². The van der Waals surface area contributed by atoms with Gasteiger partial charge in [0.05, 0.1) is 0 Å². The summed E-state index contributed by atoms with van der Waals surface area (Å²) >= 11 is 0. The van der Waals surface area contributed by atoms with E-state index in [2.05, 4.69) is 0 Å². The van der Waals surface area contributed by atoms with Crippen molar-refractivity contribution in [2.75, 3.05) is 0 Å². The molecule has 0 unspecified atom stereocenters. The van der Waals surface area contributed by atoms with Gasteiger partial charge in [0.25, 0.3) is 0 Å². The van der Waals surface area contributed by atoms with Crippen molar-refractivity contribution in [3.05, 3.63) is 0 Å². The van der Waals surface area contributed by atoms with Crippen LogP contribution in [0.25, 0.3) is 0 Å². The highest BCUT2D eigenvalue weighted by Gasteiger charge is 2.85. The minimum Gasteiger partial charge on any atom is -0.480 e. The molecule has 2 aliphatic carbocycles. The van der Waals surface area contributed by atoms with Gasteiger partial charge in [0, 0.05) is 0 Å². The average Bonchev–Trinajstić information content (AvgIpc) is 3.26. The molecule has 20 heteroatoms. The average molecular weight is 594 g/mol. The Morgan fingerprint density at radius 1 is 0.293 bits per heavy atom. The first kappa shape index (κ1) is 33.7. The van der Waals surface area contributed by atoms with Gasteiger partial charge < -0.3 is 51.1 Å². The van der Waals surface area contributed by atoms with Crippen molar-refractivity contribution in [3.8, 4) is 0 Å². The fourth-order valence-corrected chi connectivity index (χ4v) is 5.82. The van der Waals surface area contributed by atoms with Crippen molar-refractivity contribution < 1.29 is 99.0 Å². The van der Waals surface area contributed by atoms with Crippen molar-refractivity contribution in [1.82, 2.24) is 0 Å². The van der Waals surface area contributed by atoms with Crippen molar-refractivity contribution >= 4 is 59.7 Å². The summed E-state index contributed by atoms with van der Waals surface area (Å²) in [6, 6.07) is 0. The Hall–Kier alpha value is -5.30. The van der Waals surface area contributed by atoms with Crippen LogP contribution in [0.15, 0.2) is 0 Å². The predicted octanol–water partition coefficient (Wildman–Crippen LogP) is -1.88. The van der Waals surface area contributed by atoms with Crippen LogP contribution in [0, 0.1) is 27.1 Å². The van der Waals surface area contributed by atoms with Gasteiger partial charge in [-0.15, -0.1) is 0 Å². The molecule has 0 heterocycles. The normalized spacial score (nSPS) is 20.6. The molecule has 2 saturated carbocycles. The van der Waals surface area contributed by atoms with Crippen LogP contribution in [0.1, 0.15) is 38.5 Å². The molecule has 0 spiro atoms. The van der Waals surface area contributed by atoms with Gasteiger partial charge in [0.2, 0.25) is 5.41 Å². The highest BCUT2D eigenvalue weighted by molar-refractivity contribution is 6.21. The Bertz CT molecular complexity index is 1110. The fourth-order valence-electron chi connectivity index (χ4n) is 5.82. The van der Waals surface area contributed by atoms with E-state index >= 15 is 0 Å². The number of hydrogen-bond acceptors (Lipinski definition) is 10. The summed E-state index contributed by atoms with van der Waals surface area (Å²) in [5, 5.41) is 91.8. The van der Waals surface area contributed by atoms with E-state index in [9.17, 15) is 78.6 Å². The van der Waals surface area contributed by atoms with Crippen LogP contribution in [-0.4, -0.2) is 111 Å². The van der Waals surface area contributed by atoms with E-state index < -0.39 is 119 Å². The van der Waals surface area contributed by atoms with Crippen LogP contribution in [-0.2, 0) is 47.9 Å². The van der Waals surface area contributed by atoms with Crippen LogP contribution in [0.2, 0.25) is 0 Å². The van der Waals surface area contributed by atoms with Crippen molar-refractivity contribution in [3.63, 3.8) is 0 Å². The molecule has 0 aromatic heterocycles. The molecule has 10 N–H and O–H groups in total. The zero-order valence-corrected chi connectivity index (χ0v) is 20.3. The van der Waals surface area contributed by atoms with Crippen molar-refractivity contribution in [2.24, 2.45) is 27.1 Å². The molecule has 2 fully saturated rings. The number of aliphatic carboxylic acids is 10. The lowest BCUT2D eigenvalue weighted by Gasteiger charge is -2.50. The molecular formula is C21H22O20. The second-order valence-corrected chi connectivity index (χ2v) is 9.13. The zero-order valence-electron chi connectivity index (χ0n) is 20.3. The molecule has 41 heavy (non-hydrogen) atoms. The highest BCUT2D eigenvalue weighted by Crippen LogP contribution is 2.61. The lowest BCUT2D eigenvalue weighted by atomic mass is 9.44. The van der Waals surface area contributed by atoms with E-state index in [1.165, 1.54) is 0 Å². The molecule has 0 bridgehead atoms. The first-order chi connectivity index (χ1) is 18.6. The second kappa shape index (κ2) is 10.7. The monoisotopic (exact) mass is 594 g/mol. The third-order valence-corrected chi connectivity index (χ3v) is 7.78. The van der Waals surface area contributed by atoms with Gasteiger partial charge in [0.15, 0.2) is 21.7 Å². The standard InChI is InChI=1S/C12H12O12.C9H10O8/c13-4(14)10(5(15)16)2-1-3-11(6(17)18,7(19)20)12(10,8(21)22)9(23)24;10-4(11)8(5(12)13)2-1-3-9(8,6(14)15)7(16)17/h1-3H2,(H,13,14)(H,15,16)(H,17,18)(H,19,20)(H,21,22)(H,23,24);1-3H2,(H,10,11)(H,12,13)(H,14,15)(H,16,17). The SMILES string of the molecule is O=C(O)C1(C(=O)O)CCCC(C(=O)O)(C(=O)O)C1(C(=O)O)C(=O)O.O=C(O)C1(C(=O)O)CCCC1(C(=O)O)C(=O)O. The molecule has 20 nitrogen and oxygen atoms in total. The lowest BCUT2D eigenvalue weighted by Crippen LogP contribution is -2.74. The summed E-state index contributed by atoms with van der Waals surface area (Å²) in [4.78, 5) is 114. The molecule has 0 aromatic rings. The Kier molecular flexibility index (Phi) is 8.80. The summed E-state index contributed by atoms with van der Waals surface area (Å²) in [6.07, 6.45) is -3.90. The van der Waals surface area contributed by atoms with Crippen LogP contribution < -0.4 is 0 Å². The van der Waals surface area contributed by atoms with E-state index in [4.69, 9.17) is 20.4 Å².